The number of carbonyl (C=O) groups is 1. The molecule has 2 aromatic rings. The van der Waals surface area contributed by atoms with Crippen molar-refractivity contribution in [2.75, 3.05) is 5.32 Å². The average Bonchev–Trinajstić information content (AvgIpc) is 2.60. The summed E-state index contributed by atoms with van der Waals surface area (Å²) in [5.41, 5.74) is 1.57. The second-order valence-electron chi connectivity index (χ2n) is 7.94. The number of rotatable bonds is 2. The lowest BCUT2D eigenvalue weighted by Crippen LogP contribution is -2.41. The van der Waals surface area contributed by atoms with Crippen molar-refractivity contribution in [3.63, 3.8) is 0 Å². The molecule has 7 heteroatoms. The van der Waals surface area contributed by atoms with Gasteiger partial charge in [-0.3, -0.25) is 24.1 Å². The molecule has 2 aliphatic rings. The maximum absolute atomic E-state index is 13.1. The van der Waals surface area contributed by atoms with Crippen LogP contribution in [0.1, 0.15) is 50.7 Å². The molecular formula is C20H22N4O3. The van der Waals surface area contributed by atoms with Crippen molar-refractivity contribution in [3.05, 3.63) is 67.8 Å². The molecule has 4 rings (SSSR count). The second kappa shape index (κ2) is 6.04. The summed E-state index contributed by atoms with van der Waals surface area (Å²) in [6.45, 7) is 6.37. The van der Waals surface area contributed by atoms with Gasteiger partial charge in [-0.2, -0.15) is 0 Å². The summed E-state index contributed by atoms with van der Waals surface area (Å²) in [6, 6.07) is 3.64. The molecule has 1 aliphatic carbocycles. The van der Waals surface area contributed by atoms with Crippen molar-refractivity contribution in [3.8, 4) is 0 Å². The van der Waals surface area contributed by atoms with Crippen molar-refractivity contribution >= 4 is 11.6 Å². The zero-order chi connectivity index (χ0) is 19.3. The summed E-state index contributed by atoms with van der Waals surface area (Å²) in [7, 11) is 0. The number of aromatic nitrogens is 3. The van der Waals surface area contributed by atoms with Gasteiger partial charge in [0, 0.05) is 42.5 Å². The van der Waals surface area contributed by atoms with E-state index < -0.39 is 17.2 Å². The molecule has 0 amide bonds. The van der Waals surface area contributed by atoms with E-state index in [0.29, 0.717) is 36.3 Å². The summed E-state index contributed by atoms with van der Waals surface area (Å²) in [5, 5.41) is 3.27. The van der Waals surface area contributed by atoms with Crippen LogP contribution in [0.15, 0.2) is 45.4 Å². The molecule has 0 bridgehead atoms. The molecular weight excluding hydrogens is 344 g/mol. The fourth-order valence-electron chi connectivity index (χ4n) is 4.25. The van der Waals surface area contributed by atoms with Gasteiger partial charge in [-0.15, -0.1) is 0 Å². The Morgan fingerprint density at radius 1 is 1.19 bits per heavy atom. The number of hydrogen-bond donors (Lipinski definition) is 2. The molecule has 0 spiro atoms. The van der Waals surface area contributed by atoms with Crippen LogP contribution in [-0.2, 0) is 11.3 Å². The zero-order valence-electron chi connectivity index (χ0n) is 15.6. The monoisotopic (exact) mass is 366 g/mol. The standard InChI is InChI=1S/C20H22N4O3/c1-4-24-17-16(18(26)23-19(24)27)14(11-5-7-21-8-6-11)15-12(22-17)9-20(2,3)10-13(15)25/h5-8,14,22H,4,9-10H2,1-3H3,(H,23,26,27)/t14-/m0/s1. The van der Waals surface area contributed by atoms with Crippen LogP contribution in [0, 0.1) is 5.41 Å². The summed E-state index contributed by atoms with van der Waals surface area (Å²) < 4.78 is 1.51. The van der Waals surface area contributed by atoms with E-state index in [4.69, 9.17) is 0 Å². The van der Waals surface area contributed by atoms with Crippen LogP contribution in [0.5, 0.6) is 0 Å². The molecule has 27 heavy (non-hydrogen) atoms. The smallest absolute Gasteiger partial charge is 0.329 e. The van der Waals surface area contributed by atoms with Gasteiger partial charge in [0.1, 0.15) is 5.82 Å². The van der Waals surface area contributed by atoms with Crippen LogP contribution in [0.25, 0.3) is 0 Å². The predicted molar refractivity (Wildman–Crippen MR) is 102 cm³/mol. The molecule has 140 valence electrons. The van der Waals surface area contributed by atoms with Crippen molar-refractivity contribution < 1.29 is 4.79 Å². The number of nitrogens with zero attached hydrogens (tertiary/aromatic N) is 2. The Labute approximate surface area is 156 Å². The fraction of sp³-hybridized carbons (Fsp3) is 0.400. The van der Waals surface area contributed by atoms with Crippen LogP contribution in [0.4, 0.5) is 5.82 Å². The molecule has 0 fully saturated rings. The first-order chi connectivity index (χ1) is 12.8. The Hall–Kier alpha value is -2.96. The highest BCUT2D eigenvalue weighted by atomic mass is 16.2. The van der Waals surface area contributed by atoms with Gasteiger partial charge >= 0.3 is 5.69 Å². The third-order valence-electron chi connectivity index (χ3n) is 5.36. The van der Waals surface area contributed by atoms with Gasteiger partial charge in [0.15, 0.2) is 5.78 Å². The third kappa shape index (κ3) is 2.74. The minimum atomic E-state index is -0.509. The highest BCUT2D eigenvalue weighted by Gasteiger charge is 2.42. The Balaban J connectivity index is 2.06. The highest BCUT2D eigenvalue weighted by molar-refractivity contribution is 6.01. The lowest BCUT2D eigenvalue weighted by molar-refractivity contribution is -0.118. The summed E-state index contributed by atoms with van der Waals surface area (Å²) in [5.74, 6) is 0.0113. The highest BCUT2D eigenvalue weighted by Crippen LogP contribution is 2.47. The number of carbonyl (C=O) groups excluding carboxylic acids is 1. The summed E-state index contributed by atoms with van der Waals surface area (Å²) in [4.78, 5) is 44.6. The van der Waals surface area contributed by atoms with Gasteiger partial charge in [0.2, 0.25) is 0 Å². The normalized spacial score (nSPS) is 20.7. The minimum absolute atomic E-state index is 0.0369. The molecule has 3 heterocycles. The molecule has 0 saturated carbocycles. The van der Waals surface area contributed by atoms with E-state index in [1.165, 1.54) is 4.57 Å². The molecule has 0 radical (unpaired) electrons. The number of hydrogen-bond acceptors (Lipinski definition) is 5. The SMILES string of the molecule is CCn1c2c(c(=O)[nH]c1=O)[C@@H](c1ccncc1)C1=C(CC(C)(C)CC1=O)N2. The number of fused-ring (bicyclic) bond motifs is 1. The Morgan fingerprint density at radius 2 is 1.89 bits per heavy atom. The number of aromatic amines is 1. The molecule has 1 atom stereocenters. The molecule has 2 N–H and O–H groups in total. The van der Waals surface area contributed by atoms with E-state index in [1.54, 1.807) is 12.4 Å². The molecule has 1 aliphatic heterocycles. The van der Waals surface area contributed by atoms with Crippen LogP contribution >= 0.6 is 0 Å². The van der Waals surface area contributed by atoms with E-state index >= 15 is 0 Å². The minimum Gasteiger partial charge on any atom is -0.344 e. The van der Waals surface area contributed by atoms with Gasteiger partial charge in [-0.1, -0.05) is 13.8 Å². The van der Waals surface area contributed by atoms with Crippen LogP contribution in [-0.4, -0.2) is 20.3 Å². The van der Waals surface area contributed by atoms with Crippen molar-refractivity contribution in [1.29, 1.82) is 0 Å². The number of ketones is 1. The maximum atomic E-state index is 13.1. The quantitative estimate of drug-likeness (QED) is 0.849. The van der Waals surface area contributed by atoms with Crippen LogP contribution in [0.3, 0.4) is 0 Å². The molecule has 0 unspecified atom stereocenters. The topological polar surface area (TPSA) is 96.8 Å². The number of anilines is 1. The van der Waals surface area contributed by atoms with Gasteiger partial charge in [0.05, 0.1) is 5.56 Å². The average molecular weight is 366 g/mol. The molecule has 0 aromatic carbocycles. The lowest BCUT2D eigenvalue weighted by Gasteiger charge is -2.39. The Kier molecular flexibility index (Phi) is 3.91. The van der Waals surface area contributed by atoms with Crippen LogP contribution in [0.2, 0.25) is 0 Å². The van der Waals surface area contributed by atoms with Gasteiger partial charge in [0.25, 0.3) is 5.56 Å². The first kappa shape index (κ1) is 17.5. The summed E-state index contributed by atoms with van der Waals surface area (Å²) in [6.07, 6.45) is 4.41. The van der Waals surface area contributed by atoms with E-state index in [-0.39, 0.29) is 11.2 Å². The first-order valence-corrected chi connectivity index (χ1v) is 9.12. The van der Waals surface area contributed by atoms with Crippen molar-refractivity contribution in [2.45, 2.75) is 46.1 Å². The molecule has 0 saturated heterocycles. The Bertz CT molecular complexity index is 1080. The van der Waals surface area contributed by atoms with Gasteiger partial charge < -0.3 is 5.32 Å². The Morgan fingerprint density at radius 3 is 2.56 bits per heavy atom. The third-order valence-corrected chi connectivity index (χ3v) is 5.36. The predicted octanol–water partition coefficient (Wildman–Crippen LogP) is 2.15. The number of pyridine rings is 1. The number of nitrogens with one attached hydrogen (secondary N) is 2. The number of H-pyrrole nitrogens is 1. The number of allylic oxidation sites excluding steroid dienone is 2. The second-order valence-corrected chi connectivity index (χ2v) is 7.94. The zero-order valence-corrected chi connectivity index (χ0v) is 15.6. The van der Waals surface area contributed by atoms with E-state index in [0.717, 1.165) is 11.3 Å². The van der Waals surface area contributed by atoms with E-state index in [1.807, 2.05) is 19.1 Å². The van der Waals surface area contributed by atoms with Crippen molar-refractivity contribution in [1.82, 2.24) is 14.5 Å². The molecule has 7 nitrogen and oxygen atoms in total. The van der Waals surface area contributed by atoms with Gasteiger partial charge in [-0.05, 0) is 36.5 Å². The maximum Gasteiger partial charge on any atom is 0.329 e. The fourth-order valence-corrected chi connectivity index (χ4v) is 4.25. The lowest BCUT2D eigenvalue weighted by atomic mass is 9.69. The van der Waals surface area contributed by atoms with Crippen molar-refractivity contribution in [2.24, 2.45) is 5.41 Å². The number of Topliss-reactive ketones (excluding diaryl/α,β-unsaturated/α-hetero) is 1. The largest absolute Gasteiger partial charge is 0.344 e. The summed E-state index contributed by atoms with van der Waals surface area (Å²) >= 11 is 0. The van der Waals surface area contributed by atoms with E-state index in [9.17, 15) is 14.4 Å². The molecule has 2 aromatic heterocycles. The van der Waals surface area contributed by atoms with Crippen LogP contribution < -0.4 is 16.6 Å². The van der Waals surface area contributed by atoms with Gasteiger partial charge in [-0.25, -0.2) is 4.79 Å². The first-order valence-electron chi connectivity index (χ1n) is 9.12. The van der Waals surface area contributed by atoms with E-state index in [2.05, 4.69) is 29.1 Å².